The van der Waals surface area contributed by atoms with Crippen molar-refractivity contribution in [3.05, 3.63) is 65.4 Å². The van der Waals surface area contributed by atoms with Crippen molar-refractivity contribution in [2.45, 2.75) is 25.4 Å². The summed E-state index contributed by atoms with van der Waals surface area (Å²) in [5.41, 5.74) is 3.25. The lowest BCUT2D eigenvalue weighted by Gasteiger charge is -2.35. The average molecular weight is 552 g/mol. The zero-order valence-electron chi connectivity index (χ0n) is 17.4. The first kappa shape index (κ1) is 23.3. The molecule has 1 fully saturated rings. The highest BCUT2D eigenvalue weighted by Crippen LogP contribution is 2.27. The van der Waals surface area contributed by atoms with Gasteiger partial charge in [-0.25, -0.2) is 4.98 Å². The molecule has 1 aromatic heterocycles. The molecule has 3 N–H and O–H groups in total. The maximum atomic E-state index is 6.40. The molecule has 2 aromatic carbocycles. The third kappa shape index (κ3) is 6.10. The van der Waals surface area contributed by atoms with E-state index in [0.29, 0.717) is 12.6 Å². The lowest BCUT2D eigenvalue weighted by Crippen LogP contribution is -2.51. The highest BCUT2D eigenvalue weighted by Gasteiger charge is 2.22. The fourth-order valence-corrected chi connectivity index (χ4v) is 4.02. The first-order valence-electron chi connectivity index (χ1n) is 10.1. The number of aromatic amines is 1. The van der Waals surface area contributed by atoms with Crippen molar-refractivity contribution in [1.82, 2.24) is 25.8 Å². The summed E-state index contributed by atoms with van der Waals surface area (Å²) < 4.78 is 0. The van der Waals surface area contributed by atoms with Gasteiger partial charge in [-0.15, -0.1) is 24.0 Å². The normalized spacial score (nSPS) is 16.5. The monoisotopic (exact) mass is 551 g/mol. The van der Waals surface area contributed by atoms with E-state index in [-0.39, 0.29) is 24.0 Å². The van der Waals surface area contributed by atoms with Gasteiger partial charge in [0.2, 0.25) is 0 Å². The van der Waals surface area contributed by atoms with Crippen LogP contribution in [0.15, 0.2) is 59.9 Å². The quantitative estimate of drug-likeness (QED) is 0.253. The molecule has 0 radical (unpaired) electrons. The molecule has 9 heteroatoms. The van der Waals surface area contributed by atoms with Gasteiger partial charge in [0.05, 0.1) is 10.7 Å². The van der Waals surface area contributed by atoms with Crippen molar-refractivity contribution < 1.29 is 0 Å². The van der Waals surface area contributed by atoms with Crippen LogP contribution in [0.5, 0.6) is 0 Å². The molecule has 0 aliphatic carbocycles. The van der Waals surface area contributed by atoms with Gasteiger partial charge in [-0.2, -0.15) is 5.10 Å². The van der Waals surface area contributed by atoms with Crippen molar-refractivity contribution in [1.29, 1.82) is 0 Å². The Hall–Kier alpha value is -2.33. The Balaban J connectivity index is 0.00000272. The number of rotatable bonds is 5. The Morgan fingerprint density at radius 3 is 2.90 bits per heavy atom. The molecule has 0 bridgehead atoms. The zero-order valence-corrected chi connectivity index (χ0v) is 20.5. The van der Waals surface area contributed by atoms with Crippen LogP contribution in [0.3, 0.4) is 0 Å². The van der Waals surface area contributed by atoms with Gasteiger partial charge in [0, 0.05) is 38.3 Å². The van der Waals surface area contributed by atoms with E-state index in [2.05, 4.69) is 53.9 Å². The first-order chi connectivity index (χ1) is 14.7. The Labute approximate surface area is 204 Å². The number of piperidine rings is 1. The summed E-state index contributed by atoms with van der Waals surface area (Å²) in [5, 5.41) is 14.6. The zero-order chi connectivity index (χ0) is 20.8. The molecule has 31 heavy (non-hydrogen) atoms. The predicted octanol–water partition coefficient (Wildman–Crippen LogP) is 4.08. The second kappa shape index (κ2) is 11.3. The molecule has 1 aliphatic rings. The number of halogens is 2. The van der Waals surface area contributed by atoms with Crippen LogP contribution >= 0.6 is 35.6 Å². The van der Waals surface area contributed by atoms with Crippen LogP contribution < -0.4 is 15.5 Å². The topological polar surface area (TPSA) is 81.2 Å². The number of nitrogens with one attached hydrogen (secondary N) is 3. The number of H-pyrrole nitrogens is 1. The molecule has 1 aliphatic heterocycles. The van der Waals surface area contributed by atoms with Crippen molar-refractivity contribution in [2.24, 2.45) is 4.99 Å². The van der Waals surface area contributed by atoms with Crippen LogP contribution in [-0.2, 0) is 6.54 Å². The highest BCUT2D eigenvalue weighted by atomic mass is 127. The maximum absolute atomic E-state index is 6.40. The van der Waals surface area contributed by atoms with Gasteiger partial charge in [0.15, 0.2) is 11.8 Å². The van der Waals surface area contributed by atoms with E-state index in [1.807, 2.05) is 30.3 Å². The fraction of sp³-hybridized carbons (Fsp3) is 0.318. The minimum Gasteiger partial charge on any atom is -0.368 e. The lowest BCUT2D eigenvalue weighted by molar-refractivity contribution is 0.468. The number of hydrogen-bond acceptors (Lipinski definition) is 4. The number of benzene rings is 2. The summed E-state index contributed by atoms with van der Waals surface area (Å²) in [7, 11) is 1.80. The van der Waals surface area contributed by atoms with Gasteiger partial charge in [-0.05, 0) is 36.6 Å². The van der Waals surface area contributed by atoms with Crippen LogP contribution in [0.4, 0.5) is 5.69 Å². The minimum absolute atomic E-state index is 0. The summed E-state index contributed by atoms with van der Waals surface area (Å²) in [6, 6.07) is 16.6. The summed E-state index contributed by atoms with van der Waals surface area (Å²) in [6.07, 6.45) is 3.73. The number of anilines is 1. The van der Waals surface area contributed by atoms with E-state index >= 15 is 0 Å². The molecule has 1 atom stereocenters. The van der Waals surface area contributed by atoms with E-state index in [0.717, 1.165) is 59.6 Å². The van der Waals surface area contributed by atoms with Crippen molar-refractivity contribution in [3.63, 3.8) is 0 Å². The van der Waals surface area contributed by atoms with Crippen molar-refractivity contribution >= 4 is 47.2 Å². The van der Waals surface area contributed by atoms with Crippen LogP contribution in [0, 0.1) is 0 Å². The smallest absolute Gasteiger partial charge is 0.191 e. The van der Waals surface area contributed by atoms with Gasteiger partial charge in [0.1, 0.15) is 6.33 Å². The number of hydrogen-bond donors (Lipinski definition) is 3. The highest BCUT2D eigenvalue weighted by molar-refractivity contribution is 14.0. The summed E-state index contributed by atoms with van der Waals surface area (Å²) >= 11 is 6.40. The van der Waals surface area contributed by atoms with Crippen LogP contribution in [0.25, 0.3) is 11.4 Å². The standard InChI is InChI=1S/C22H26ClN7.HI/c1-24-22(25-13-16-6-4-7-17(12-16)21-26-15-27-29-21)28-18-8-5-11-30(14-18)20-10-3-2-9-19(20)23;/h2-4,6-7,9-10,12,15,18H,5,8,11,13-14H2,1H3,(H2,24,25,28)(H,26,27,29);1H. The van der Waals surface area contributed by atoms with Crippen LogP contribution in [-0.4, -0.2) is 47.3 Å². The van der Waals surface area contributed by atoms with Crippen molar-refractivity contribution in [3.8, 4) is 11.4 Å². The Bertz CT molecular complexity index is 993. The number of aliphatic imine (C=N–C) groups is 1. The third-order valence-electron chi connectivity index (χ3n) is 5.25. The van der Waals surface area contributed by atoms with E-state index in [1.54, 1.807) is 7.05 Å². The average Bonchev–Trinajstić information content (AvgIpc) is 3.32. The molecule has 7 nitrogen and oxygen atoms in total. The summed E-state index contributed by atoms with van der Waals surface area (Å²) in [4.78, 5) is 11.0. The largest absolute Gasteiger partial charge is 0.368 e. The van der Waals surface area contributed by atoms with E-state index in [9.17, 15) is 0 Å². The summed E-state index contributed by atoms with van der Waals surface area (Å²) in [5.74, 6) is 1.56. The van der Waals surface area contributed by atoms with Gasteiger partial charge in [-0.3, -0.25) is 10.1 Å². The molecule has 1 saturated heterocycles. The van der Waals surface area contributed by atoms with Gasteiger partial charge in [0.25, 0.3) is 0 Å². The molecule has 0 saturated carbocycles. The maximum Gasteiger partial charge on any atom is 0.191 e. The minimum atomic E-state index is 0. The molecule has 0 spiro atoms. The van der Waals surface area contributed by atoms with E-state index in [1.165, 1.54) is 6.33 Å². The number of nitrogens with zero attached hydrogens (tertiary/aromatic N) is 4. The molecular formula is C22H27ClIN7. The predicted molar refractivity (Wildman–Crippen MR) is 137 cm³/mol. The second-order valence-corrected chi connectivity index (χ2v) is 7.75. The molecular weight excluding hydrogens is 525 g/mol. The number of guanidine groups is 1. The Kier molecular flexibility index (Phi) is 8.53. The molecule has 164 valence electrons. The Morgan fingerprint density at radius 1 is 1.26 bits per heavy atom. The number of para-hydroxylation sites is 1. The van der Waals surface area contributed by atoms with Crippen molar-refractivity contribution in [2.75, 3.05) is 25.0 Å². The van der Waals surface area contributed by atoms with Gasteiger partial charge < -0.3 is 15.5 Å². The number of aromatic nitrogens is 3. The molecule has 2 heterocycles. The van der Waals surface area contributed by atoms with Crippen LogP contribution in [0.2, 0.25) is 5.02 Å². The first-order valence-corrected chi connectivity index (χ1v) is 10.5. The van der Waals surface area contributed by atoms with Crippen LogP contribution in [0.1, 0.15) is 18.4 Å². The molecule has 4 rings (SSSR count). The lowest BCUT2D eigenvalue weighted by atomic mass is 10.0. The Morgan fingerprint density at radius 2 is 2.13 bits per heavy atom. The summed E-state index contributed by atoms with van der Waals surface area (Å²) in [6.45, 7) is 2.58. The van der Waals surface area contributed by atoms with Gasteiger partial charge in [-0.1, -0.05) is 41.9 Å². The molecule has 1 unspecified atom stereocenters. The van der Waals surface area contributed by atoms with E-state index < -0.39 is 0 Å². The third-order valence-corrected chi connectivity index (χ3v) is 5.57. The molecule has 3 aromatic rings. The second-order valence-electron chi connectivity index (χ2n) is 7.34. The fourth-order valence-electron chi connectivity index (χ4n) is 3.77. The van der Waals surface area contributed by atoms with Gasteiger partial charge >= 0.3 is 0 Å². The molecule has 0 amide bonds. The van der Waals surface area contributed by atoms with E-state index in [4.69, 9.17) is 11.6 Å². The SMILES string of the molecule is CN=C(NCc1cccc(-c2ncn[nH]2)c1)NC1CCCN(c2ccccc2Cl)C1.I.